The van der Waals surface area contributed by atoms with Crippen LogP contribution in [0, 0.1) is 0 Å². The van der Waals surface area contributed by atoms with Crippen LogP contribution in [-0.4, -0.2) is 31.0 Å². The third-order valence-corrected chi connectivity index (χ3v) is 2.71. The molecule has 0 aromatic heterocycles. The van der Waals surface area contributed by atoms with Crippen LogP contribution in [-0.2, 0) is 4.74 Å². The summed E-state index contributed by atoms with van der Waals surface area (Å²) in [7, 11) is 0. The molecule has 3 heteroatoms. The number of unbranched alkanes of at least 4 members (excludes halogenated alkanes) is 7. The van der Waals surface area contributed by atoms with Gasteiger partial charge in [-0.05, 0) is 6.42 Å². The van der Waals surface area contributed by atoms with Gasteiger partial charge in [-0.1, -0.05) is 51.9 Å². The van der Waals surface area contributed by atoms with Crippen LogP contribution in [0.15, 0.2) is 0 Å². The first-order valence-electron chi connectivity index (χ1n) is 6.75. The first-order chi connectivity index (χ1) is 7.81. The molecule has 0 saturated heterocycles. The van der Waals surface area contributed by atoms with Gasteiger partial charge in [-0.15, -0.1) is 0 Å². The molecule has 0 saturated carbocycles. The summed E-state index contributed by atoms with van der Waals surface area (Å²) in [5.41, 5.74) is 5.51. The molecule has 1 atom stereocenters. The SMILES string of the molecule is CCCCCCCCCCOCC(N)CO. The topological polar surface area (TPSA) is 55.5 Å². The second-order valence-electron chi connectivity index (χ2n) is 4.49. The molecule has 1 unspecified atom stereocenters. The molecule has 3 nitrogen and oxygen atoms in total. The minimum Gasteiger partial charge on any atom is -0.395 e. The van der Waals surface area contributed by atoms with Crippen LogP contribution in [0.4, 0.5) is 0 Å². The molecule has 0 aliphatic carbocycles. The predicted molar refractivity (Wildman–Crippen MR) is 68.5 cm³/mol. The predicted octanol–water partition coefficient (Wildman–Crippen LogP) is 2.46. The lowest BCUT2D eigenvalue weighted by atomic mass is 10.1. The molecule has 0 radical (unpaired) electrons. The maximum Gasteiger partial charge on any atom is 0.0639 e. The number of rotatable bonds is 12. The highest BCUT2D eigenvalue weighted by atomic mass is 16.5. The Kier molecular flexibility index (Phi) is 12.9. The second kappa shape index (κ2) is 12.9. The highest BCUT2D eigenvalue weighted by Gasteiger charge is 1.99. The summed E-state index contributed by atoms with van der Waals surface area (Å²) < 4.78 is 5.35. The Labute approximate surface area is 100 Å². The molecule has 3 N–H and O–H groups in total. The molecule has 98 valence electrons. The summed E-state index contributed by atoms with van der Waals surface area (Å²) in [5, 5.41) is 8.67. The van der Waals surface area contributed by atoms with Crippen molar-refractivity contribution in [3.63, 3.8) is 0 Å². The fourth-order valence-corrected chi connectivity index (χ4v) is 1.63. The minimum atomic E-state index is -0.214. The van der Waals surface area contributed by atoms with Crippen LogP contribution >= 0.6 is 0 Å². The number of aliphatic hydroxyl groups is 1. The zero-order valence-corrected chi connectivity index (χ0v) is 10.8. The third kappa shape index (κ3) is 12.0. The number of aliphatic hydroxyl groups excluding tert-OH is 1. The van der Waals surface area contributed by atoms with Gasteiger partial charge >= 0.3 is 0 Å². The van der Waals surface area contributed by atoms with E-state index in [0.717, 1.165) is 13.0 Å². The van der Waals surface area contributed by atoms with Crippen molar-refractivity contribution in [2.75, 3.05) is 19.8 Å². The lowest BCUT2D eigenvalue weighted by Gasteiger charge is -2.08. The quantitative estimate of drug-likeness (QED) is 0.507. The maximum absolute atomic E-state index is 8.67. The summed E-state index contributed by atoms with van der Waals surface area (Å²) in [6.07, 6.45) is 10.5. The van der Waals surface area contributed by atoms with Crippen molar-refractivity contribution in [1.82, 2.24) is 0 Å². The zero-order chi connectivity index (χ0) is 12.1. The van der Waals surface area contributed by atoms with Gasteiger partial charge in [0.1, 0.15) is 0 Å². The molecule has 0 spiro atoms. The Balaban J connectivity index is 2.93. The highest BCUT2D eigenvalue weighted by molar-refractivity contribution is 4.55. The van der Waals surface area contributed by atoms with E-state index in [-0.39, 0.29) is 12.6 Å². The van der Waals surface area contributed by atoms with Crippen molar-refractivity contribution in [2.45, 2.75) is 64.3 Å². The molecule has 0 heterocycles. The Bertz CT molecular complexity index is 131. The lowest BCUT2D eigenvalue weighted by molar-refractivity contribution is 0.0980. The number of hydrogen-bond donors (Lipinski definition) is 2. The largest absolute Gasteiger partial charge is 0.395 e. The van der Waals surface area contributed by atoms with Crippen LogP contribution in [0.1, 0.15) is 58.3 Å². The summed E-state index contributed by atoms with van der Waals surface area (Å²) >= 11 is 0. The fraction of sp³-hybridized carbons (Fsp3) is 1.00. The number of ether oxygens (including phenoxy) is 1. The molecule has 0 aromatic carbocycles. The standard InChI is InChI=1S/C13H29NO2/c1-2-3-4-5-6-7-8-9-10-16-12-13(14)11-15/h13,15H,2-12,14H2,1H3. The van der Waals surface area contributed by atoms with Gasteiger partial charge in [0.15, 0.2) is 0 Å². The molecule has 0 bridgehead atoms. The highest BCUT2D eigenvalue weighted by Crippen LogP contribution is 2.08. The fourth-order valence-electron chi connectivity index (χ4n) is 1.63. The number of hydrogen-bond acceptors (Lipinski definition) is 3. The minimum absolute atomic E-state index is 0.0113. The third-order valence-electron chi connectivity index (χ3n) is 2.71. The summed E-state index contributed by atoms with van der Waals surface area (Å²) in [4.78, 5) is 0. The monoisotopic (exact) mass is 231 g/mol. The van der Waals surface area contributed by atoms with E-state index in [0.29, 0.717) is 6.61 Å². The van der Waals surface area contributed by atoms with Gasteiger partial charge < -0.3 is 15.6 Å². The van der Waals surface area contributed by atoms with E-state index in [2.05, 4.69) is 6.92 Å². The summed E-state index contributed by atoms with van der Waals surface area (Å²) in [5.74, 6) is 0. The molecular weight excluding hydrogens is 202 g/mol. The zero-order valence-electron chi connectivity index (χ0n) is 10.8. The van der Waals surface area contributed by atoms with Crippen LogP contribution < -0.4 is 5.73 Å². The van der Waals surface area contributed by atoms with Crippen molar-refractivity contribution in [2.24, 2.45) is 5.73 Å². The molecule has 0 aromatic rings. The Morgan fingerprint density at radius 3 is 2.12 bits per heavy atom. The molecule has 0 aliphatic rings. The Morgan fingerprint density at radius 2 is 1.56 bits per heavy atom. The first kappa shape index (κ1) is 15.9. The van der Waals surface area contributed by atoms with Crippen LogP contribution in [0.2, 0.25) is 0 Å². The van der Waals surface area contributed by atoms with E-state index in [1.165, 1.54) is 44.9 Å². The van der Waals surface area contributed by atoms with Crippen molar-refractivity contribution in [1.29, 1.82) is 0 Å². The molecule has 0 aliphatic heterocycles. The molecule has 0 rings (SSSR count). The van der Waals surface area contributed by atoms with Gasteiger partial charge in [0, 0.05) is 6.61 Å². The van der Waals surface area contributed by atoms with Gasteiger partial charge in [-0.2, -0.15) is 0 Å². The lowest BCUT2D eigenvalue weighted by Crippen LogP contribution is -2.30. The van der Waals surface area contributed by atoms with E-state index < -0.39 is 0 Å². The van der Waals surface area contributed by atoms with E-state index in [1.807, 2.05) is 0 Å². The van der Waals surface area contributed by atoms with E-state index in [1.54, 1.807) is 0 Å². The van der Waals surface area contributed by atoms with E-state index in [9.17, 15) is 0 Å². The molecule has 16 heavy (non-hydrogen) atoms. The Hall–Kier alpha value is -0.120. The summed E-state index contributed by atoms with van der Waals surface area (Å²) in [6, 6.07) is -0.214. The van der Waals surface area contributed by atoms with Crippen molar-refractivity contribution in [3.8, 4) is 0 Å². The van der Waals surface area contributed by atoms with Crippen LogP contribution in [0.5, 0.6) is 0 Å². The van der Waals surface area contributed by atoms with Gasteiger partial charge in [0.25, 0.3) is 0 Å². The average molecular weight is 231 g/mol. The van der Waals surface area contributed by atoms with E-state index in [4.69, 9.17) is 15.6 Å². The van der Waals surface area contributed by atoms with E-state index >= 15 is 0 Å². The normalized spacial score (nSPS) is 12.9. The number of nitrogens with two attached hydrogens (primary N) is 1. The van der Waals surface area contributed by atoms with Crippen LogP contribution in [0.3, 0.4) is 0 Å². The molecule has 0 amide bonds. The maximum atomic E-state index is 8.67. The average Bonchev–Trinajstić information content (AvgIpc) is 2.31. The van der Waals surface area contributed by atoms with Gasteiger partial charge in [0.05, 0.1) is 19.3 Å². The van der Waals surface area contributed by atoms with Gasteiger partial charge in [-0.25, -0.2) is 0 Å². The smallest absolute Gasteiger partial charge is 0.0639 e. The molecule has 0 fully saturated rings. The first-order valence-corrected chi connectivity index (χ1v) is 6.75. The molecular formula is C13H29NO2. The van der Waals surface area contributed by atoms with Crippen molar-refractivity contribution >= 4 is 0 Å². The second-order valence-corrected chi connectivity index (χ2v) is 4.49. The summed E-state index contributed by atoms with van der Waals surface area (Å²) in [6.45, 7) is 3.52. The van der Waals surface area contributed by atoms with Gasteiger partial charge in [-0.3, -0.25) is 0 Å². The van der Waals surface area contributed by atoms with Crippen LogP contribution in [0.25, 0.3) is 0 Å². The van der Waals surface area contributed by atoms with Gasteiger partial charge in [0.2, 0.25) is 0 Å². The van der Waals surface area contributed by atoms with Crippen molar-refractivity contribution in [3.05, 3.63) is 0 Å². The van der Waals surface area contributed by atoms with Crippen molar-refractivity contribution < 1.29 is 9.84 Å². The Morgan fingerprint density at radius 1 is 1.00 bits per heavy atom.